The van der Waals surface area contributed by atoms with Crippen molar-refractivity contribution >= 4 is 34.4 Å². The number of rotatable bonds is 3. The van der Waals surface area contributed by atoms with Gasteiger partial charge in [-0.1, -0.05) is 11.3 Å². The molecule has 0 aliphatic carbocycles. The summed E-state index contributed by atoms with van der Waals surface area (Å²) in [6.45, 7) is 0. The summed E-state index contributed by atoms with van der Waals surface area (Å²) in [5.74, 6) is -2.21. The van der Waals surface area contributed by atoms with E-state index in [0.717, 1.165) is 11.3 Å². The molecular formula is C7H6N4O4S. The lowest BCUT2D eigenvalue weighted by atomic mass is 10.5. The molecule has 0 radical (unpaired) electrons. The van der Waals surface area contributed by atoms with Crippen molar-refractivity contribution in [2.75, 3.05) is 0 Å². The Kier molecular flexibility index (Phi) is 3.67. The third-order valence-corrected chi connectivity index (χ3v) is 2.35. The topological polar surface area (TPSA) is 128 Å². The van der Waals surface area contributed by atoms with Gasteiger partial charge in [0.25, 0.3) is 0 Å². The van der Waals surface area contributed by atoms with E-state index in [4.69, 9.17) is 0 Å². The number of hydrazone groups is 1. The van der Waals surface area contributed by atoms with Crippen LogP contribution in [0, 0.1) is 10.1 Å². The van der Waals surface area contributed by atoms with Gasteiger partial charge in [0.05, 0.1) is 16.0 Å². The number of nitro groups is 1. The number of nitrogens with one attached hydrogen (secondary N) is 1. The summed E-state index contributed by atoms with van der Waals surface area (Å²) in [6.07, 6.45) is 1.18. The first-order valence-corrected chi connectivity index (χ1v) is 4.69. The van der Waals surface area contributed by atoms with Gasteiger partial charge in [0.15, 0.2) is 0 Å². The number of nitrogens with zero attached hydrogens (tertiary/aromatic N) is 2. The SMILES string of the molecule is NC(=O)C(=O)N/N=C\c1ccc([N+](=O)[O-])s1. The lowest BCUT2D eigenvalue weighted by Gasteiger charge is -1.91. The van der Waals surface area contributed by atoms with Crippen LogP contribution in [0.3, 0.4) is 0 Å². The second-order valence-corrected chi connectivity index (χ2v) is 3.59. The molecule has 0 saturated carbocycles. The molecule has 2 amide bonds. The summed E-state index contributed by atoms with van der Waals surface area (Å²) in [4.78, 5) is 31.2. The van der Waals surface area contributed by atoms with Crippen LogP contribution in [0.4, 0.5) is 5.00 Å². The summed E-state index contributed by atoms with van der Waals surface area (Å²) in [7, 11) is 0. The second-order valence-electron chi connectivity index (χ2n) is 2.50. The maximum atomic E-state index is 10.6. The van der Waals surface area contributed by atoms with Crippen LogP contribution in [0.25, 0.3) is 0 Å². The molecule has 1 heterocycles. The fraction of sp³-hybridized carbons (Fsp3) is 0. The number of hydrogen-bond donors (Lipinski definition) is 2. The van der Waals surface area contributed by atoms with Crippen LogP contribution in [-0.4, -0.2) is 23.0 Å². The Hall–Kier alpha value is -2.29. The van der Waals surface area contributed by atoms with Crippen LogP contribution in [0.1, 0.15) is 4.88 Å². The third kappa shape index (κ3) is 3.13. The van der Waals surface area contributed by atoms with E-state index in [1.54, 1.807) is 0 Å². The highest BCUT2D eigenvalue weighted by molar-refractivity contribution is 7.16. The maximum Gasteiger partial charge on any atom is 0.329 e. The normalized spacial score (nSPS) is 10.2. The van der Waals surface area contributed by atoms with Gasteiger partial charge in [0.1, 0.15) is 0 Å². The fourth-order valence-corrected chi connectivity index (χ4v) is 1.41. The van der Waals surface area contributed by atoms with Crippen LogP contribution in [0.5, 0.6) is 0 Å². The quantitative estimate of drug-likeness (QED) is 0.323. The van der Waals surface area contributed by atoms with E-state index in [9.17, 15) is 19.7 Å². The van der Waals surface area contributed by atoms with Crippen molar-refractivity contribution in [1.29, 1.82) is 0 Å². The molecule has 8 nitrogen and oxygen atoms in total. The van der Waals surface area contributed by atoms with Crippen molar-refractivity contribution in [1.82, 2.24) is 5.43 Å². The molecule has 1 aromatic rings. The van der Waals surface area contributed by atoms with Gasteiger partial charge < -0.3 is 5.73 Å². The van der Waals surface area contributed by atoms with Gasteiger partial charge in [0.2, 0.25) is 0 Å². The number of nitrogens with two attached hydrogens (primary N) is 1. The van der Waals surface area contributed by atoms with E-state index in [1.165, 1.54) is 18.3 Å². The number of amides is 2. The summed E-state index contributed by atoms with van der Waals surface area (Å²) in [6, 6.07) is 2.77. The molecule has 1 aromatic heterocycles. The van der Waals surface area contributed by atoms with Crippen molar-refractivity contribution in [3.63, 3.8) is 0 Å². The minimum Gasteiger partial charge on any atom is -0.361 e. The lowest BCUT2D eigenvalue weighted by molar-refractivity contribution is -0.380. The van der Waals surface area contributed by atoms with Gasteiger partial charge in [-0.05, 0) is 6.07 Å². The molecule has 9 heteroatoms. The number of thiophene rings is 1. The maximum absolute atomic E-state index is 10.6. The summed E-state index contributed by atoms with van der Waals surface area (Å²) in [5, 5.41) is 13.7. The molecular weight excluding hydrogens is 236 g/mol. The highest BCUT2D eigenvalue weighted by atomic mass is 32.1. The molecule has 0 bridgehead atoms. The van der Waals surface area contributed by atoms with Crippen LogP contribution in [0.2, 0.25) is 0 Å². The Labute approximate surface area is 92.9 Å². The second kappa shape index (κ2) is 4.98. The molecule has 0 aromatic carbocycles. The number of carbonyl (C=O) groups is 2. The Bertz CT molecular complexity index is 467. The van der Waals surface area contributed by atoms with Crippen LogP contribution in [0.15, 0.2) is 17.2 Å². The average Bonchev–Trinajstić information content (AvgIpc) is 2.66. The standard InChI is InChI=1S/C7H6N4O4S/c8-6(12)7(13)10-9-3-4-1-2-5(16-4)11(14)15/h1-3H,(H2,8,12)(H,10,13)/b9-3-. The van der Waals surface area contributed by atoms with Gasteiger partial charge in [-0.3, -0.25) is 19.7 Å². The van der Waals surface area contributed by atoms with E-state index in [0.29, 0.717) is 4.88 Å². The Morgan fingerprint density at radius 3 is 2.75 bits per heavy atom. The fourth-order valence-electron chi connectivity index (χ4n) is 0.719. The van der Waals surface area contributed by atoms with E-state index in [2.05, 4.69) is 10.8 Å². The largest absolute Gasteiger partial charge is 0.361 e. The first-order chi connectivity index (χ1) is 7.50. The van der Waals surface area contributed by atoms with Gasteiger partial charge in [-0.15, -0.1) is 0 Å². The summed E-state index contributed by atoms with van der Waals surface area (Å²) in [5.41, 5.74) is 6.51. The predicted octanol–water partition coefficient (Wildman–Crippen LogP) is -0.408. The van der Waals surface area contributed by atoms with Crippen molar-refractivity contribution < 1.29 is 14.5 Å². The molecule has 3 N–H and O–H groups in total. The zero-order valence-corrected chi connectivity index (χ0v) is 8.56. The Balaban J connectivity index is 2.60. The zero-order chi connectivity index (χ0) is 12.1. The smallest absolute Gasteiger partial charge is 0.329 e. The van der Waals surface area contributed by atoms with Crippen LogP contribution in [-0.2, 0) is 9.59 Å². The number of hydrogen-bond acceptors (Lipinski definition) is 6. The lowest BCUT2D eigenvalue weighted by Crippen LogP contribution is -2.32. The van der Waals surface area contributed by atoms with Crippen LogP contribution < -0.4 is 11.2 Å². The third-order valence-electron chi connectivity index (χ3n) is 1.37. The molecule has 0 saturated heterocycles. The molecule has 16 heavy (non-hydrogen) atoms. The van der Waals surface area contributed by atoms with Gasteiger partial charge in [-0.2, -0.15) is 5.10 Å². The average molecular weight is 242 g/mol. The summed E-state index contributed by atoms with van der Waals surface area (Å²) >= 11 is 0.885. The Morgan fingerprint density at radius 2 is 2.25 bits per heavy atom. The predicted molar refractivity (Wildman–Crippen MR) is 55.9 cm³/mol. The van der Waals surface area contributed by atoms with E-state index >= 15 is 0 Å². The zero-order valence-electron chi connectivity index (χ0n) is 7.75. The van der Waals surface area contributed by atoms with E-state index < -0.39 is 16.7 Å². The highest BCUT2D eigenvalue weighted by Crippen LogP contribution is 2.22. The first-order valence-electron chi connectivity index (χ1n) is 3.88. The first kappa shape index (κ1) is 11.8. The van der Waals surface area contributed by atoms with Crippen molar-refractivity contribution in [2.45, 2.75) is 0 Å². The van der Waals surface area contributed by atoms with Crippen LogP contribution >= 0.6 is 11.3 Å². The Morgan fingerprint density at radius 1 is 1.56 bits per heavy atom. The number of primary amides is 1. The van der Waals surface area contributed by atoms with Crippen molar-refractivity contribution in [3.05, 3.63) is 27.1 Å². The minimum absolute atomic E-state index is 0.0392. The molecule has 0 fully saturated rings. The van der Waals surface area contributed by atoms with Gasteiger partial charge in [-0.25, -0.2) is 5.43 Å². The highest BCUT2D eigenvalue weighted by Gasteiger charge is 2.08. The molecule has 0 aliphatic rings. The molecule has 0 atom stereocenters. The van der Waals surface area contributed by atoms with Gasteiger partial charge in [0, 0.05) is 6.07 Å². The molecule has 0 aliphatic heterocycles. The minimum atomic E-state index is -1.16. The van der Waals surface area contributed by atoms with Crippen molar-refractivity contribution in [3.8, 4) is 0 Å². The van der Waals surface area contributed by atoms with Gasteiger partial charge >= 0.3 is 16.8 Å². The molecule has 84 valence electrons. The van der Waals surface area contributed by atoms with Crippen molar-refractivity contribution in [2.24, 2.45) is 10.8 Å². The van der Waals surface area contributed by atoms with E-state index in [1.807, 2.05) is 5.43 Å². The summed E-state index contributed by atoms with van der Waals surface area (Å²) < 4.78 is 0. The molecule has 0 unspecified atom stereocenters. The van der Waals surface area contributed by atoms with E-state index in [-0.39, 0.29) is 5.00 Å². The molecule has 0 spiro atoms. The monoisotopic (exact) mass is 242 g/mol. The number of carbonyl (C=O) groups excluding carboxylic acids is 2. The molecule has 1 rings (SSSR count).